The Hall–Kier alpha value is -2.02. The zero-order valence-electron chi connectivity index (χ0n) is 17.5. The summed E-state index contributed by atoms with van der Waals surface area (Å²) in [5, 5.41) is 3.75. The Bertz CT molecular complexity index is 1260. The van der Waals surface area contributed by atoms with Crippen LogP contribution in [0, 0.1) is 11.7 Å². The van der Waals surface area contributed by atoms with Crippen LogP contribution in [0.2, 0.25) is 15.1 Å². The number of nitrogens with one attached hydrogen (secondary N) is 1. The molecule has 1 aliphatic carbocycles. The molecule has 2 unspecified atom stereocenters. The van der Waals surface area contributed by atoms with Gasteiger partial charge in [0.2, 0.25) is 5.91 Å². The van der Waals surface area contributed by atoms with Gasteiger partial charge in [0, 0.05) is 34.4 Å². The molecular weight excluding hydrogens is 545 g/mol. The minimum atomic E-state index is -1.34. The summed E-state index contributed by atoms with van der Waals surface area (Å²) in [6.45, 7) is 0. The van der Waals surface area contributed by atoms with Gasteiger partial charge < -0.3 is 10.2 Å². The molecule has 0 radical (unpaired) electrons. The van der Waals surface area contributed by atoms with Crippen molar-refractivity contribution < 1.29 is 14.0 Å². The number of amides is 2. The second kappa shape index (κ2) is 9.56. The van der Waals surface area contributed by atoms with E-state index in [0.717, 1.165) is 0 Å². The predicted octanol–water partition coefficient (Wildman–Crippen LogP) is 7.59. The summed E-state index contributed by atoms with van der Waals surface area (Å²) in [5.41, 5.74) is 1.62. The van der Waals surface area contributed by atoms with Crippen LogP contribution in [0.1, 0.15) is 21.8 Å². The van der Waals surface area contributed by atoms with Crippen molar-refractivity contribution in [2.45, 2.75) is 10.3 Å². The zero-order chi connectivity index (χ0) is 24.8. The Morgan fingerprint density at radius 3 is 2.18 bits per heavy atom. The van der Waals surface area contributed by atoms with Gasteiger partial charge in [0.05, 0.1) is 16.5 Å². The van der Waals surface area contributed by atoms with Crippen LogP contribution in [0.4, 0.5) is 15.8 Å². The van der Waals surface area contributed by atoms with Gasteiger partial charge in [-0.1, -0.05) is 34.8 Å². The van der Waals surface area contributed by atoms with Crippen molar-refractivity contribution >= 4 is 81.2 Å². The Balaban J connectivity index is 1.53. The molecule has 10 heteroatoms. The fraction of sp³-hybridized carbons (Fsp3) is 0.167. The Labute approximate surface area is 220 Å². The smallest absolute Gasteiger partial charge is 0.259 e. The summed E-state index contributed by atoms with van der Waals surface area (Å²) in [6.07, 6.45) is 0. The van der Waals surface area contributed by atoms with Gasteiger partial charge in [-0.15, -0.1) is 23.2 Å². The lowest BCUT2D eigenvalue weighted by molar-refractivity contribution is -0.117. The molecule has 0 bridgehead atoms. The molecule has 1 N–H and O–H groups in total. The fourth-order valence-corrected chi connectivity index (χ4v) is 5.34. The molecule has 0 spiro atoms. The molecule has 34 heavy (non-hydrogen) atoms. The van der Waals surface area contributed by atoms with Crippen molar-refractivity contribution in [3.63, 3.8) is 0 Å². The van der Waals surface area contributed by atoms with Crippen molar-refractivity contribution in [1.29, 1.82) is 0 Å². The first-order valence-corrected chi connectivity index (χ1v) is 11.9. The number of benzene rings is 3. The number of alkyl halides is 2. The zero-order valence-corrected chi connectivity index (χ0v) is 21.2. The standard InChI is InChI=1S/C24H16Cl5FN2O2/c1-32(17-5-2-15(30)3-6-17)23(34)18-11-16(4-7-19(18)27)31-22(33)21-20(24(21,28)29)12-8-13(25)10-14(26)9-12/h2-11,20-21H,1H3,(H,31,33). The lowest BCUT2D eigenvalue weighted by atomic mass is 10.1. The minimum Gasteiger partial charge on any atom is -0.326 e. The molecule has 0 aromatic heterocycles. The molecule has 2 amide bonds. The predicted molar refractivity (Wildman–Crippen MR) is 136 cm³/mol. The number of nitrogens with zero attached hydrogens (tertiary/aromatic N) is 1. The van der Waals surface area contributed by atoms with Gasteiger partial charge in [0.25, 0.3) is 5.91 Å². The molecular formula is C24H16Cl5FN2O2. The normalized spacial score (nSPS) is 18.3. The van der Waals surface area contributed by atoms with Crippen LogP contribution in [0.3, 0.4) is 0 Å². The minimum absolute atomic E-state index is 0.156. The summed E-state index contributed by atoms with van der Waals surface area (Å²) < 4.78 is 11.9. The number of hydrogen-bond donors (Lipinski definition) is 1. The van der Waals surface area contributed by atoms with Crippen LogP contribution >= 0.6 is 58.0 Å². The van der Waals surface area contributed by atoms with E-state index < -0.39 is 33.8 Å². The number of carbonyl (C=O) groups is 2. The molecule has 4 rings (SSSR count). The van der Waals surface area contributed by atoms with Crippen LogP contribution in [-0.2, 0) is 4.79 Å². The van der Waals surface area contributed by atoms with Crippen molar-refractivity contribution in [3.8, 4) is 0 Å². The van der Waals surface area contributed by atoms with E-state index >= 15 is 0 Å². The number of carbonyl (C=O) groups excluding carboxylic acids is 2. The van der Waals surface area contributed by atoms with Gasteiger partial charge in [-0.3, -0.25) is 9.59 Å². The summed E-state index contributed by atoms with van der Waals surface area (Å²) in [7, 11) is 1.54. The molecule has 4 nitrogen and oxygen atoms in total. The van der Waals surface area contributed by atoms with Gasteiger partial charge in [0.1, 0.15) is 10.2 Å². The molecule has 0 heterocycles. The highest BCUT2D eigenvalue weighted by atomic mass is 35.5. The molecule has 0 saturated heterocycles. The van der Waals surface area contributed by atoms with Gasteiger partial charge in [-0.2, -0.15) is 0 Å². The van der Waals surface area contributed by atoms with Crippen LogP contribution < -0.4 is 10.2 Å². The van der Waals surface area contributed by atoms with E-state index in [1.807, 2.05) is 0 Å². The van der Waals surface area contributed by atoms with E-state index in [4.69, 9.17) is 58.0 Å². The lowest BCUT2D eigenvalue weighted by Gasteiger charge is -2.18. The van der Waals surface area contributed by atoms with Crippen molar-refractivity contribution in [2.24, 2.45) is 5.92 Å². The maximum atomic E-state index is 13.2. The van der Waals surface area contributed by atoms with Crippen LogP contribution in [0.25, 0.3) is 0 Å². The third kappa shape index (κ3) is 5.00. The Morgan fingerprint density at radius 1 is 0.941 bits per heavy atom. The van der Waals surface area contributed by atoms with Gasteiger partial charge in [0.15, 0.2) is 0 Å². The Morgan fingerprint density at radius 2 is 1.56 bits per heavy atom. The average molecular weight is 561 g/mol. The fourth-order valence-electron chi connectivity index (χ4n) is 3.77. The highest BCUT2D eigenvalue weighted by Gasteiger charge is 2.67. The molecule has 2 atom stereocenters. The first kappa shape index (κ1) is 25.1. The summed E-state index contributed by atoms with van der Waals surface area (Å²) in [4.78, 5) is 27.3. The second-order valence-corrected chi connectivity index (χ2v) is 10.6. The monoisotopic (exact) mass is 558 g/mol. The maximum absolute atomic E-state index is 13.2. The van der Waals surface area contributed by atoms with E-state index in [2.05, 4.69) is 5.32 Å². The lowest BCUT2D eigenvalue weighted by Crippen LogP contribution is -2.26. The first-order valence-electron chi connectivity index (χ1n) is 9.97. The van der Waals surface area contributed by atoms with E-state index in [-0.39, 0.29) is 10.6 Å². The largest absolute Gasteiger partial charge is 0.326 e. The van der Waals surface area contributed by atoms with Gasteiger partial charge in [-0.25, -0.2) is 4.39 Å². The topological polar surface area (TPSA) is 49.4 Å². The summed E-state index contributed by atoms with van der Waals surface area (Å²) in [5.74, 6) is -2.55. The Kier molecular flexibility index (Phi) is 7.05. The highest BCUT2D eigenvalue weighted by molar-refractivity contribution is 6.53. The average Bonchev–Trinajstić information content (AvgIpc) is 3.36. The molecule has 1 fully saturated rings. The highest BCUT2D eigenvalue weighted by Crippen LogP contribution is 2.65. The maximum Gasteiger partial charge on any atom is 0.259 e. The summed E-state index contributed by atoms with van der Waals surface area (Å²) in [6, 6.07) is 14.9. The van der Waals surface area contributed by atoms with Crippen molar-refractivity contribution in [1.82, 2.24) is 0 Å². The van der Waals surface area contributed by atoms with Crippen molar-refractivity contribution in [3.05, 3.63) is 92.7 Å². The molecule has 3 aromatic rings. The molecule has 0 aliphatic heterocycles. The summed E-state index contributed by atoms with van der Waals surface area (Å²) >= 11 is 31.2. The van der Waals surface area contributed by atoms with Crippen LogP contribution in [0.15, 0.2) is 60.7 Å². The third-order valence-corrected chi connectivity index (χ3v) is 7.27. The number of anilines is 2. The third-order valence-electron chi connectivity index (χ3n) is 5.56. The van der Waals surface area contributed by atoms with E-state index in [0.29, 0.717) is 27.0 Å². The molecule has 3 aromatic carbocycles. The van der Waals surface area contributed by atoms with Crippen LogP contribution in [-0.4, -0.2) is 23.2 Å². The van der Waals surface area contributed by atoms with Gasteiger partial charge >= 0.3 is 0 Å². The van der Waals surface area contributed by atoms with Crippen molar-refractivity contribution in [2.75, 3.05) is 17.3 Å². The van der Waals surface area contributed by atoms with E-state index in [1.165, 1.54) is 48.3 Å². The van der Waals surface area contributed by atoms with Gasteiger partial charge in [-0.05, 0) is 66.2 Å². The SMILES string of the molecule is CN(C(=O)c1cc(NC(=O)C2C(c3cc(Cl)cc(Cl)c3)C2(Cl)Cl)ccc1Cl)c1ccc(F)cc1. The molecule has 1 aliphatic rings. The number of halogens is 6. The van der Waals surface area contributed by atoms with Crippen LogP contribution in [0.5, 0.6) is 0 Å². The van der Waals surface area contributed by atoms with E-state index in [1.54, 1.807) is 24.3 Å². The van der Waals surface area contributed by atoms with E-state index in [9.17, 15) is 14.0 Å². The first-order chi connectivity index (χ1) is 16.0. The second-order valence-electron chi connectivity index (χ2n) is 7.86. The molecule has 176 valence electrons. The molecule has 1 saturated carbocycles. The number of hydrogen-bond acceptors (Lipinski definition) is 2. The number of rotatable bonds is 5. The quantitative estimate of drug-likeness (QED) is 0.327.